The number of likely N-dealkylation sites (N-methyl/N-ethyl adjacent to an activating group) is 1. The van der Waals surface area contributed by atoms with Crippen LogP contribution in [0.2, 0.25) is 0 Å². The largest absolute Gasteiger partial charge is 0.308 e. The van der Waals surface area contributed by atoms with Gasteiger partial charge in [0.05, 0.1) is 6.17 Å². The van der Waals surface area contributed by atoms with Crippen LogP contribution < -0.4 is 5.32 Å². The van der Waals surface area contributed by atoms with Crippen LogP contribution in [0.25, 0.3) is 0 Å². The highest BCUT2D eigenvalue weighted by Crippen LogP contribution is 2.25. The topological polar surface area (TPSA) is 18.5 Å². The van der Waals surface area contributed by atoms with Crippen LogP contribution in [0.1, 0.15) is 51.4 Å². The van der Waals surface area contributed by atoms with Gasteiger partial charge in [-0.05, 0) is 58.7 Å². The van der Waals surface area contributed by atoms with Gasteiger partial charge in [0.2, 0.25) is 0 Å². The third-order valence-corrected chi connectivity index (χ3v) is 4.78. The molecule has 2 aliphatic rings. The fraction of sp³-hybridized carbons (Fsp3) is 1.00. The van der Waals surface area contributed by atoms with Crippen molar-refractivity contribution in [3.63, 3.8) is 0 Å². The van der Waals surface area contributed by atoms with Crippen LogP contribution in [0.5, 0.6) is 0 Å². The highest BCUT2D eigenvalue weighted by Gasteiger charge is 2.24. The minimum absolute atomic E-state index is 0.649. The Bertz CT molecular complexity index is 230. The molecule has 0 aromatic carbocycles. The molecule has 1 aliphatic carbocycles. The number of rotatable bonds is 6. The van der Waals surface area contributed by atoms with E-state index in [0.29, 0.717) is 6.17 Å². The van der Waals surface area contributed by atoms with E-state index in [9.17, 15) is 0 Å². The van der Waals surface area contributed by atoms with Crippen molar-refractivity contribution >= 4 is 0 Å². The molecule has 0 aromatic heterocycles. The highest BCUT2D eigenvalue weighted by molar-refractivity contribution is 4.78. The van der Waals surface area contributed by atoms with Gasteiger partial charge >= 0.3 is 0 Å². The predicted octanol–water partition coefficient (Wildman–Crippen LogP) is 2.53. The molecule has 3 nitrogen and oxygen atoms in total. The lowest BCUT2D eigenvalue weighted by atomic mass is 9.88. The Balaban J connectivity index is 1.84. The first-order valence-corrected chi connectivity index (χ1v) is 8.38. The summed E-state index contributed by atoms with van der Waals surface area (Å²) in [6.45, 7) is 4.95. The second-order valence-electron chi connectivity index (χ2n) is 6.77. The lowest BCUT2D eigenvalue weighted by Gasteiger charge is -2.38. The monoisotopic (exact) mass is 267 g/mol. The van der Waals surface area contributed by atoms with Crippen molar-refractivity contribution in [3.8, 4) is 0 Å². The molecule has 1 unspecified atom stereocenters. The Morgan fingerprint density at radius 3 is 2.26 bits per heavy atom. The van der Waals surface area contributed by atoms with E-state index in [1.165, 1.54) is 77.5 Å². The third-order valence-electron chi connectivity index (χ3n) is 4.78. The van der Waals surface area contributed by atoms with Gasteiger partial charge in [0, 0.05) is 19.6 Å². The van der Waals surface area contributed by atoms with Gasteiger partial charge in [-0.25, -0.2) is 0 Å². The molecule has 3 heteroatoms. The quantitative estimate of drug-likeness (QED) is 0.798. The van der Waals surface area contributed by atoms with Crippen molar-refractivity contribution in [2.45, 2.75) is 57.5 Å². The third kappa shape index (κ3) is 5.41. The molecule has 0 bridgehead atoms. The van der Waals surface area contributed by atoms with Crippen LogP contribution in [0, 0.1) is 5.92 Å². The van der Waals surface area contributed by atoms with Gasteiger partial charge in [-0.2, -0.15) is 0 Å². The molecule has 0 amide bonds. The Kier molecular flexibility index (Phi) is 6.62. The Hall–Kier alpha value is -0.120. The zero-order valence-corrected chi connectivity index (χ0v) is 13.0. The molecular formula is C16H33N3. The van der Waals surface area contributed by atoms with E-state index >= 15 is 0 Å². The first-order valence-electron chi connectivity index (χ1n) is 8.38. The average Bonchev–Trinajstić information content (AvgIpc) is 2.45. The predicted molar refractivity (Wildman–Crippen MR) is 82.3 cm³/mol. The van der Waals surface area contributed by atoms with Crippen LogP contribution in [0.15, 0.2) is 0 Å². The van der Waals surface area contributed by atoms with Gasteiger partial charge in [0.1, 0.15) is 0 Å². The van der Waals surface area contributed by atoms with Crippen LogP contribution in [-0.2, 0) is 0 Å². The molecular weight excluding hydrogens is 234 g/mol. The number of piperidine rings is 1. The molecule has 1 saturated carbocycles. The summed E-state index contributed by atoms with van der Waals surface area (Å²) in [7, 11) is 4.38. The summed E-state index contributed by atoms with van der Waals surface area (Å²) in [5.74, 6) is 0.958. The molecule has 1 saturated heterocycles. The van der Waals surface area contributed by atoms with Crippen LogP contribution in [0.4, 0.5) is 0 Å². The van der Waals surface area contributed by atoms with Crippen LogP contribution in [-0.4, -0.2) is 56.2 Å². The van der Waals surface area contributed by atoms with Crippen molar-refractivity contribution in [3.05, 3.63) is 0 Å². The number of nitrogens with zero attached hydrogens (tertiary/aromatic N) is 2. The molecule has 0 aromatic rings. The Morgan fingerprint density at radius 2 is 1.63 bits per heavy atom. The summed E-state index contributed by atoms with van der Waals surface area (Å²) in [5.41, 5.74) is 0. The van der Waals surface area contributed by atoms with Crippen molar-refractivity contribution in [1.29, 1.82) is 0 Å². The molecule has 0 spiro atoms. The molecule has 1 N–H and O–H groups in total. The maximum atomic E-state index is 3.74. The minimum Gasteiger partial charge on any atom is -0.308 e. The van der Waals surface area contributed by atoms with Crippen molar-refractivity contribution < 1.29 is 0 Å². The molecule has 1 atom stereocenters. The summed E-state index contributed by atoms with van der Waals surface area (Å²) in [4.78, 5) is 5.06. The Morgan fingerprint density at radius 1 is 0.895 bits per heavy atom. The molecule has 2 fully saturated rings. The lowest BCUT2D eigenvalue weighted by Crippen LogP contribution is -2.51. The van der Waals surface area contributed by atoms with Gasteiger partial charge in [-0.3, -0.25) is 4.90 Å². The maximum absolute atomic E-state index is 3.74. The minimum atomic E-state index is 0.649. The van der Waals surface area contributed by atoms with Crippen molar-refractivity contribution in [2.24, 2.45) is 5.92 Å². The molecule has 2 rings (SSSR count). The van der Waals surface area contributed by atoms with Gasteiger partial charge in [0.25, 0.3) is 0 Å². The van der Waals surface area contributed by atoms with Gasteiger partial charge in [-0.1, -0.05) is 19.3 Å². The van der Waals surface area contributed by atoms with E-state index in [1.807, 2.05) is 0 Å². The van der Waals surface area contributed by atoms with E-state index in [-0.39, 0.29) is 0 Å². The van der Waals surface area contributed by atoms with Gasteiger partial charge in [-0.15, -0.1) is 0 Å². The second-order valence-corrected chi connectivity index (χ2v) is 6.77. The van der Waals surface area contributed by atoms with E-state index in [4.69, 9.17) is 0 Å². The fourth-order valence-electron chi connectivity index (χ4n) is 3.55. The van der Waals surface area contributed by atoms with Gasteiger partial charge < -0.3 is 10.2 Å². The van der Waals surface area contributed by atoms with Crippen molar-refractivity contribution in [2.75, 3.05) is 40.3 Å². The molecule has 1 aliphatic heterocycles. The number of hydrogen-bond donors (Lipinski definition) is 1. The lowest BCUT2D eigenvalue weighted by molar-refractivity contribution is 0.0982. The van der Waals surface area contributed by atoms with E-state index in [0.717, 1.165) is 5.92 Å². The smallest absolute Gasteiger partial charge is 0.0597 e. The summed E-state index contributed by atoms with van der Waals surface area (Å²) in [5, 5.41) is 3.74. The summed E-state index contributed by atoms with van der Waals surface area (Å²) >= 11 is 0. The molecule has 19 heavy (non-hydrogen) atoms. The van der Waals surface area contributed by atoms with Crippen molar-refractivity contribution in [1.82, 2.24) is 15.1 Å². The summed E-state index contributed by atoms with van der Waals surface area (Å²) in [6.07, 6.45) is 12.1. The zero-order valence-electron chi connectivity index (χ0n) is 13.0. The number of nitrogens with one attached hydrogen (secondary N) is 1. The molecule has 112 valence electrons. The molecule has 0 radical (unpaired) electrons. The van der Waals surface area contributed by atoms with E-state index in [2.05, 4.69) is 29.2 Å². The first kappa shape index (κ1) is 15.3. The van der Waals surface area contributed by atoms with Crippen LogP contribution >= 0.6 is 0 Å². The average molecular weight is 267 g/mol. The summed E-state index contributed by atoms with van der Waals surface area (Å²) in [6, 6.07) is 0. The van der Waals surface area contributed by atoms with Crippen LogP contribution in [0.3, 0.4) is 0 Å². The Labute approximate surface area is 119 Å². The number of hydrogen-bond acceptors (Lipinski definition) is 3. The summed E-state index contributed by atoms with van der Waals surface area (Å²) < 4.78 is 0. The first-order chi connectivity index (χ1) is 9.25. The van der Waals surface area contributed by atoms with E-state index in [1.54, 1.807) is 0 Å². The highest BCUT2D eigenvalue weighted by atomic mass is 15.3. The zero-order chi connectivity index (χ0) is 13.5. The fourth-order valence-corrected chi connectivity index (χ4v) is 3.55. The van der Waals surface area contributed by atoms with E-state index < -0.39 is 0 Å². The molecule has 1 heterocycles. The maximum Gasteiger partial charge on any atom is 0.0597 e. The SMILES string of the molecule is CN(C)CCN(CC1CCCCC1)C1CCCCN1. The standard InChI is InChI=1S/C16H33N3/c1-18(2)12-13-19(16-10-6-7-11-17-16)14-15-8-4-3-5-9-15/h15-17H,3-14H2,1-2H3. The normalized spacial score (nSPS) is 26.2. The van der Waals surface area contributed by atoms with Gasteiger partial charge in [0.15, 0.2) is 0 Å². The second kappa shape index (κ2) is 8.23.